The molecule has 0 heterocycles. The van der Waals surface area contributed by atoms with Crippen LogP contribution < -0.4 is 10.6 Å². The van der Waals surface area contributed by atoms with Gasteiger partial charge in [-0.2, -0.15) is 13.2 Å². The molecule has 3 nitrogen and oxygen atoms in total. The second kappa shape index (κ2) is 7.68. The van der Waals surface area contributed by atoms with E-state index in [1.807, 2.05) is 0 Å². The summed E-state index contributed by atoms with van der Waals surface area (Å²) in [6.45, 7) is 1.24. The molecule has 0 fully saturated rings. The average Bonchev–Trinajstić information content (AvgIpc) is 2.52. The Kier molecular flexibility index (Phi) is 5.85. The van der Waals surface area contributed by atoms with E-state index in [2.05, 4.69) is 10.6 Å². The number of hydrogen-bond donors (Lipinski definition) is 2. The first kappa shape index (κ1) is 18.3. The van der Waals surface area contributed by atoms with Crippen LogP contribution in [0.1, 0.15) is 17.2 Å². The molecule has 2 rings (SSSR count). The highest BCUT2D eigenvalue weighted by Gasteiger charge is 2.40. The number of hydrogen-bond acceptors (Lipinski definition) is 2. The summed E-state index contributed by atoms with van der Waals surface area (Å²) < 4.78 is 39.6. The van der Waals surface area contributed by atoms with Crippen LogP contribution in [0.25, 0.3) is 0 Å². The minimum Gasteiger partial charge on any atom is -0.325 e. The van der Waals surface area contributed by atoms with Crippen LogP contribution in [0.15, 0.2) is 48.5 Å². The fourth-order valence-corrected chi connectivity index (χ4v) is 2.37. The first-order valence-electron chi connectivity index (χ1n) is 7.19. The molecule has 0 spiro atoms. The van der Waals surface area contributed by atoms with Crippen molar-refractivity contribution in [2.75, 3.05) is 11.9 Å². The highest BCUT2D eigenvalue weighted by atomic mass is 35.5. The van der Waals surface area contributed by atoms with Gasteiger partial charge in [0.2, 0.25) is 5.91 Å². The smallest absolute Gasteiger partial charge is 0.325 e. The molecule has 7 heteroatoms. The second-order valence-electron chi connectivity index (χ2n) is 5.23. The van der Waals surface area contributed by atoms with Crippen LogP contribution in [-0.2, 0) is 4.79 Å². The van der Waals surface area contributed by atoms with Crippen molar-refractivity contribution in [2.45, 2.75) is 19.1 Å². The SMILES string of the molecule is Cc1c(Cl)cccc1NC(=O)CNC(c1ccccc1)C(F)(F)F. The molecular formula is C17H16ClF3N2O. The number of amides is 1. The summed E-state index contributed by atoms with van der Waals surface area (Å²) in [6.07, 6.45) is -4.51. The summed E-state index contributed by atoms with van der Waals surface area (Å²) in [5.74, 6) is -0.578. The van der Waals surface area contributed by atoms with Crippen LogP contribution in [0.5, 0.6) is 0 Å². The molecule has 0 aromatic heterocycles. The molecule has 1 atom stereocenters. The predicted octanol–water partition coefficient (Wildman–Crippen LogP) is 4.48. The maximum atomic E-state index is 13.2. The van der Waals surface area contributed by atoms with Gasteiger partial charge in [-0.05, 0) is 30.2 Å². The summed E-state index contributed by atoms with van der Waals surface area (Å²) in [6, 6.07) is 10.4. The van der Waals surface area contributed by atoms with Crippen LogP contribution in [0.3, 0.4) is 0 Å². The number of rotatable bonds is 5. The summed E-state index contributed by atoms with van der Waals surface area (Å²) in [5, 5.41) is 5.29. The number of nitrogens with one attached hydrogen (secondary N) is 2. The normalized spacial score (nSPS) is 12.7. The van der Waals surface area contributed by atoms with Crippen molar-refractivity contribution in [3.05, 3.63) is 64.7 Å². The third-order valence-corrected chi connectivity index (χ3v) is 3.88. The lowest BCUT2D eigenvalue weighted by Crippen LogP contribution is -2.38. The molecule has 24 heavy (non-hydrogen) atoms. The lowest BCUT2D eigenvalue weighted by atomic mass is 10.1. The molecule has 0 saturated carbocycles. The van der Waals surface area contributed by atoms with Gasteiger partial charge in [0.05, 0.1) is 6.54 Å². The van der Waals surface area contributed by atoms with Gasteiger partial charge >= 0.3 is 6.18 Å². The maximum Gasteiger partial charge on any atom is 0.407 e. The Morgan fingerprint density at radius 1 is 1.12 bits per heavy atom. The van der Waals surface area contributed by atoms with E-state index in [1.165, 1.54) is 24.3 Å². The lowest BCUT2D eigenvalue weighted by Gasteiger charge is -2.22. The van der Waals surface area contributed by atoms with Crippen molar-refractivity contribution in [1.29, 1.82) is 0 Å². The number of halogens is 4. The summed E-state index contributed by atoms with van der Waals surface area (Å²) in [5.41, 5.74) is 1.18. The van der Waals surface area contributed by atoms with Gasteiger partial charge in [0, 0.05) is 10.7 Å². The van der Waals surface area contributed by atoms with Gasteiger partial charge in [-0.1, -0.05) is 48.0 Å². The largest absolute Gasteiger partial charge is 0.407 e. The van der Waals surface area contributed by atoms with Crippen molar-refractivity contribution >= 4 is 23.2 Å². The van der Waals surface area contributed by atoms with Gasteiger partial charge < -0.3 is 5.32 Å². The topological polar surface area (TPSA) is 41.1 Å². The van der Waals surface area contributed by atoms with Crippen LogP contribution in [0.4, 0.5) is 18.9 Å². The van der Waals surface area contributed by atoms with Crippen LogP contribution in [0.2, 0.25) is 5.02 Å². The Hall–Kier alpha value is -2.05. The van der Waals surface area contributed by atoms with Crippen molar-refractivity contribution in [3.63, 3.8) is 0 Å². The van der Waals surface area contributed by atoms with E-state index in [1.54, 1.807) is 31.2 Å². The van der Waals surface area contributed by atoms with Crippen molar-refractivity contribution in [1.82, 2.24) is 5.32 Å². The maximum absolute atomic E-state index is 13.2. The monoisotopic (exact) mass is 356 g/mol. The Balaban J connectivity index is 2.04. The van der Waals surface area contributed by atoms with Crippen LogP contribution in [0, 0.1) is 6.92 Å². The fraction of sp³-hybridized carbons (Fsp3) is 0.235. The average molecular weight is 357 g/mol. The van der Waals surface area contributed by atoms with Crippen molar-refractivity contribution in [2.24, 2.45) is 0 Å². The van der Waals surface area contributed by atoms with Gasteiger partial charge in [-0.15, -0.1) is 0 Å². The molecule has 0 bridgehead atoms. The van der Waals surface area contributed by atoms with E-state index in [0.717, 1.165) is 0 Å². The van der Waals surface area contributed by atoms with Crippen molar-refractivity contribution < 1.29 is 18.0 Å². The van der Waals surface area contributed by atoms with Gasteiger partial charge in [-0.3, -0.25) is 10.1 Å². The number of carbonyl (C=O) groups excluding carboxylic acids is 1. The third-order valence-electron chi connectivity index (χ3n) is 3.47. The predicted molar refractivity (Wildman–Crippen MR) is 88.1 cm³/mol. The zero-order chi connectivity index (χ0) is 17.7. The molecule has 0 aliphatic heterocycles. The number of benzene rings is 2. The highest BCUT2D eigenvalue weighted by molar-refractivity contribution is 6.31. The Morgan fingerprint density at radius 2 is 1.79 bits per heavy atom. The lowest BCUT2D eigenvalue weighted by molar-refractivity contribution is -0.158. The van der Waals surface area contributed by atoms with E-state index >= 15 is 0 Å². The fourth-order valence-electron chi connectivity index (χ4n) is 2.20. The summed E-state index contributed by atoms with van der Waals surface area (Å²) >= 11 is 5.95. The van der Waals surface area contributed by atoms with Gasteiger partial charge in [-0.25, -0.2) is 0 Å². The van der Waals surface area contributed by atoms with Crippen LogP contribution in [-0.4, -0.2) is 18.6 Å². The molecule has 2 N–H and O–H groups in total. The Bertz CT molecular complexity index is 705. The molecule has 0 aliphatic carbocycles. The standard InChI is InChI=1S/C17H16ClF3N2O/c1-11-13(18)8-5-9-14(11)23-15(24)10-22-16(17(19,20)21)12-6-3-2-4-7-12/h2-9,16,22H,10H2,1H3,(H,23,24). The van der Waals surface area contributed by atoms with Crippen LogP contribution >= 0.6 is 11.6 Å². The molecule has 0 aliphatic rings. The first-order valence-corrected chi connectivity index (χ1v) is 7.57. The molecule has 2 aromatic carbocycles. The summed E-state index contributed by atoms with van der Waals surface area (Å²) in [4.78, 5) is 12.0. The second-order valence-corrected chi connectivity index (χ2v) is 5.63. The molecule has 1 amide bonds. The molecular weight excluding hydrogens is 341 g/mol. The number of carbonyl (C=O) groups is 1. The number of alkyl halides is 3. The van der Waals surface area contributed by atoms with Gasteiger partial charge in [0.15, 0.2) is 0 Å². The van der Waals surface area contributed by atoms with Gasteiger partial charge in [0.25, 0.3) is 0 Å². The molecule has 0 saturated heterocycles. The molecule has 0 radical (unpaired) electrons. The van der Waals surface area contributed by atoms with E-state index in [0.29, 0.717) is 16.3 Å². The molecule has 2 aromatic rings. The zero-order valence-corrected chi connectivity index (χ0v) is 13.6. The quantitative estimate of drug-likeness (QED) is 0.829. The van der Waals surface area contributed by atoms with E-state index in [9.17, 15) is 18.0 Å². The van der Waals surface area contributed by atoms with Crippen molar-refractivity contribution in [3.8, 4) is 0 Å². The number of anilines is 1. The minimum atomic E-state index is -4.51. The van der Waals surface area contributed by atoms with Gasteiger partial charge in [0.1, 0.15) is 6.04 Å². The van der Waals surface area contributed by atoms with E-state index in [-0.39, 0.29) is 5.56 Å². The molecule has 128 valence electrons. The Morgan fingerprint density at radius 3 is 2.42 bits per heavy atom. The van der Waals surface area contributed by atoms with E-state index in [4.69, 9.17) is 11.6 Å². The highest BCUT2D eigenvalue weighted by Crippen LogP contribution is 2.32. The Labute approximate surface area is 142 Å². The zero-order valence-electron chi connectivity index (χ0n) is 12.8. The summed E-state index contributed by atoms with van der Waals surface area (Å²) in [7, 11) is 0. The van der Waals surface area contributed by atoms with E-state index < -0.39 is 24.7 Å². The first-order chi connectivity index (χ1) is 11.3. The molecule has 1 unspecified atom stereocenters. The third kappa shape index (κ3) is 4.72. The minimum absolute atomic E-state index is 0.0525.